The minimum atomic E-state index is -0.466. The smallest absolute Gasteiger partial charge is 0.0782 e. The molecule has 0 fully saturated rings. The molecule has 0 saturated heterocycles. The van der Waals surface area contributed by atoms with Crippen LogP contribution in [0.5, 0.6) is 0 Å². The van der Waals surface area contributed by atoms with E-state index >= 15 is 0 Å². The Balaban J connectivity index is 2.71. The molecule has 1 heterocycles. The van der Waals surface area contributed by atoms with Gasteiger partial charge in [-0.3, -0.25) is 0 Å². The number of hydrogen-bond donors (Lipinski definition) is 2. The molecule has 0 aliphatic heterocycles. The number of aliphatic hydroxyl groups is 1. The van der Waals surface area contributed by atoms with E-state index in [0.717, 1.165) is 16.5 Å². The van der Waals surface area contributed by atoms with Gasteiger partial charge < -0.3 is 10.1 Å². The summed E-state index contributed by atoms with van der Waals surface area (Å²) < 4.78 is 0. The maximum absolute atomic E-state index is 9.44. The van der Waals surface area contributed by atoms with Crippen LogP contribution in [0.3, 0.4) is 0 Å². The maximum atomic E-state index is 9.44. The van der Waals surface area contributed by atoms with Crippen LogP contribution >= 0.6 is 11.6 Å². The first-order chi connectivity index (χ1) is 6.18. The molecule has 2 N–H and O–H groups in total. The highest BCUT2D eigenvalue weighted by Gasteiger charge is 2.07. The number of aliphatic hydroxyl groups excluding tert-OH is 1. The van der Waals surface area contributed by atoms with Crippen molar-refractivity contribution in [3.8, 4) is 0 Å². The van der Waals surface area contributed by atoms with Gasteiger partial charge in [0.05, 0.1) is 6.10 Å². The summed E-state index contributed by atoms with van der Waals surface area (Å²) in [4.78, 5) is 3.08. The van der Waals surface area contributed by atoms with Crippen molar-refractivity contribution in [1.82, 2.24) is 4.98 Å². The van der Waals surface area contributed by atoms with Crippen LogP contribution in [0.4, 0.5) is 0 Å². The molecular weight excluding hydrogens is 186 g/mol. The zero-order chi connectivity index (χ0) is 9.42. The first-order valence-corrected chi connectivity index (χ1v) is 4.51. The zero-order valence-electron chi connectivity index (χ0n) is 7.21. The van der Waals surface area contributed by atoms with Gasteiger partial charge in [-0.25, -0.2) is 0 Å². The van der Waals surface area contributed by atoms with Crippen molar-refractivity contribution in [2.75, 3.05) is 0 Å². The molecule has 1 aromatic heterocycles. The second-order valence-electron chi connectivity index (χ2n) is 3.11. The zero-order valence-corrected chi connectivity index (χ0v) is 7.97. The molecule has 3 heteroatoms. The second kappa shape index (κ2) is 3.05. The quantitative estimate of drug-likeness (QED) is 0.721. The van der Waals surface area contributed by atoms with E-state index in [1.807, 2.05) is 24.4 Å². The lowest BCUT2D eigenvalue weighted by atomic mass is 10.1. The molecule has 0 aliphatic rings. The standard InChI is InChI=1S/C10H10ClNO/c1-6(13)9-5-12-10-3-2-7(11)4-8(9)10/h2-6,12-13H,1H3. The molecular formula is C10H10ClNO. The van der Waals surface area contributed by atoms with Crippen LogP contribution in [0.15, 0.2) is 24.4 Å². The number of aromatic amines is 1. The Morgan fingerprint density at radius 1 is 1.46 bits per heavy atom. The summed E-state index contributed by atoms with van der Waals surface area (Å²) in [5.74, 6) is 0. The summed E-state index contributed by atoms with van der Waals surface area (Å²) in [6.07, 6.45) is 1.35. The Morgan fingerprint density at radius 2 is 2.23 bits per heavy atom. The highest BCUT2D eigenvalue weighted by atomic mass is 35.5. The fourth-order valence-electron chi connectivity index (χ4n) is 1.46. The van der Waals surface area contributed by atoms with Crippen molar-refractivity contribution in [2.45, 2.75) is 13.0 Å². The lowest BCUT2D eigenvalue weighted by molar-refractivity contribution is 0.201. The van der Waals surface area contributed by atoms with Gasteiger partial charge in [0.1, 0.15) is 0 Å². The van der Waals surface area contributed by atoms with E-state index in [-0.39, 0.29) is 0 Å². The summed E-state index contributed by atoms with van der Waals surface area (Å²) in [6, 6.07) is 5.59. The second-order valence-corrected chi connectivity index (χ2v) is 3.55. The van der Waals surface area contributed by atoms with Gasteiger partial charge in [-0.05, 0) is 25.1 Å². The molecule has 2 nitrogen and oxygen atoms in total. The van der Waals surface area contributed by atoms with Gasteiger partial charge in [0.2, 0.25) is 0 Å². The minimum Gasteiger partial charge on any atom is -0.389 e. The largest absolute Gasteiger partial charge is 0.389 e. The predicted molar refractivity (Wildman–Crippen MR) is 53.9 cm³/mol. The molecule has 1 unspecified atom stereocenters. The first kappa shape index (κ1) is 8.60. The van der Waals surface area contributed by atoms with Crippen molar-refractivity contribution in [2.24, 2.45) is 0 Å². The SMILES string of the molecule is CC(O)c1c[nH]c2ccc(Cl)cc12. The monoisotopic (exact) mass is 195 g/mol. The molecule has 0 saturated carbocycles. The van der Waals surface area contributed by atoms with E-state index in [2.05, 4.69) is 4.98 Å². The Morgan fingerprint density at radius 3 is 2.92 bits per heavy atom. The number of benzene rings is 1. The van der Waals surface area contributed by atoms with E-state index in [0.29, 0.717) is 5.02 Å². The van der Waals surface area contributed by atoms with Crippen LogP contribution < -0.4 is 0 Å². The van der Waals surface area contributed by atoms with Crippen LogP contribution in [0.1, 0.15) is 18.6 Å². The first-order valence-electron chi connectivity index (χ1n) is 4.13. The molecule has 2 aromatic rings. The minimum absolute atomic E-state index is 0.466. The molecule has 0 spiro atoms. The van der Waals surface area contributed by atoms with Crippen LogP contribution in [0.25, 0.3) is 10.9 Å². The molecule has 68 valence electrons. The van der Waals surface area contributed by atoms with E-state index in [4.69, 9.17) is 11.6 Å². The van der Waals surface area contributed by atoms with E-state index in [1.165, 1.54) is 0 Å². The summed E-state index contributed by atoms with van der Waals surface area (Å²) in [5.41, 5.74) is 1.89. The number of rotatable bonds is 1. The summed E-state index contributed by atoms with van der Waals surface area (Å²) >= 11 is 5.86. The number of nitrogens with one attached hydrogen (secondary N) is 1. The fourth-order valence-corrected chi connectivity index (χ4v) is 1.63. The van der Waals surface area contributed by atoms with E-state index < -0.39 is 6.10 Å². The Bertz CT molecular complexity index is 433. The third kappa shape index (κ3) is 1.43. The van der Waals surface area contributed by atoms with Crippen molar-refractivity contribution >= 4 is 22.5 Å². The van der Waals surface area contributed by atoms with E-state index in [1.54, 1.807) is 6.92 Å². The highest BCUT2D eigenvalue weighted by Crippen LogP contribution is 2.26. The van der Waals surface area contributed by atoms with Gasteiger partial charge in [-0.15, -0.1) is 0 Å². The lowest BCUT2D eigenvalue weighted by Gasteiger charge is -2.01. The van der Waals surface area contributed by atoms with Gasteiger partial charge in [-0.1, -0.05) is 11.6 Å². The van der Waals surface area contributed by atoms with Crippen molar-refractivity contribution < 1.29 is 5.11 Å². The van der Waals surface area contributed by atoms with Gasteiger partial charge in [0.25, 0.3) is 0 Å². The van der Waals surface area contributed by atoms with Crippen LogP contribution in [-0.4, -0.2) is 10.1 Å². The molecule has 0 radical (unpaired) electrons. The van der Waals surface area contributed by atoms with E-state index in [9.17, 15) is 5.11 Å². The number of fused-ring (bicyclic) bond motifs is 1. The van der Waals surface area contributed by atoms with Gasteiger partial charge in [0, 0.05) is 27.7 Å². The average Bonchev–Trinajstić information content (AvgIpc) is 2.46. The molecule has 2 rings (SSSR count). The molecule has 0 amide bonds. The molecule has 1 aromatic carbocycles. The van der Waals surface area contributed by atoms with Crippen molar-refractivity contribution in [3.63, 3.8) is 0 Å². The topological polar surface area (TPSA) is 36.0 Å². The van der Waals surface area contributed by atoms with Gasteiger partial charge in [0.15, 0.2) is 0 Å². The number of hydrogen-bond acceptors (Lipinski definition) is 1. The number of halogens is 1. The Labute approximate surface area is 81.1 Å². The highest BCUT2D eigenvalue weighted by molar-refractivity contribution is 6.31. The van der Waals surface area contributed by atoms with Crippen LogP contribution in [0.2, 0.25) is 5.02 Å². The maximum Gasteiger partial charge on any atom is 0.0782 e. The number of H-pyrrole nitrogens is 1. The summed E-state index contributed by atoms with van der Waals surface area (Å²) in [6.45, 7) is 1.74. The summed E-state index contributed by atoms with van der Waals surface area (Å²) in [7, 11) is 0. The molecule has 13 heavy (non-hydrogen) atoms. The third-order valence-corrected chi connectivity index (χ3v) is 2.36. The Hall–Kier alpha value is -0.990. The molecule has 0 aliphatic carbocycles. The van der Waals surface area contributed by atoms with Gasteiger partial charge >= 0.3 is 0 Å². The van der Waals surface area contributed by atoms with Crippen LogP contribution in [0, 0.1) is 0 Å². The fraction of sp³-hybridized carbons (Fsp3) is 0.200. The normalized spacial score (nSPS) is 13.5. The lowest BCUT2D eigenvalue weighted by Crippen LogP contribution is -1.87. The molecule has 1 atom stereocenters. The Kier molecular flexibility index (Phi) is 2.02. The molecule has 0 bridgehead atoms. The van der Waals surface area contributed by atoms with Crippen molar-refractivity contribution in [3.05, 3.63) is 35.0 Å². The summed E-state index contributed by atoms with van der Waals surface area (Å²) in [5, 5.41) is 11.1. The van der Waals surface area contributed by atoms with Crippen LogP contribution in [-0.2, 0) is 0 Å². The average molecular weight is 196 g/mol. The van der Waals surface area contributed by atoms with Crippen molar-refractivity contribution in [1.29, 1.82) is 0 Å². The number of aromatic nitrogens is 1. The third-order valence-electron chi connectivity index (χ3n) is 2.13. The predicted octanol–water partition coefficient (Wildman–Crippen LogP) is 2.87. The van der Waals surface area contributed by atoms with Gasteiger partial charge in [-0.2, -0.15) is 0 Å².